The molecule has 0 spiro atoms. The van der Waals surface area contributed by atoms with E-state index in [1.165, 1.54) is 6.42 Å². The summed E-state index contributed by atoms with van der Waals surface area (Å²) in [4.78, 5) is 4.11. The minimum absolute atomic E-state index is 0.297. The van der Waals surface area contributed by atoms with Crippen molar-refractivity contribution in [2.75, 3.05) is 0 Å². The molecule has 3 rings (SSSR count). The Balaban J connectivity index is 1.66. The van der Waals surface area contributed by atoms with Crippen LogP contribution in [0.2, 0.25) is 0 Å². The van der Waals surface area contributed by atoms with E-state index < -0.39 is 0 Å². The van der Waals surface area contributed by atoms with Gasteiger partial charge in [0.1, 0.15) is 12.0 Å². The molecule has 0 saturated heterocycles. The van der Waals surface area contributed by atoms with Gasteiger partial charge in [-0.15, -0.1) is 0 Å². The molecule has 0 bridgehead atoms. The van der Waals surface area contributed by atoms with Crippen LogP contribution < -0.4 is 0 Å². The fourth-order valence-corrected chi connectivity index (χ4v) is 2.41. The highest BCUT2D eigenvalue weighted by atomic mass is 16.5. The van der Waals surface area contributed by atoms with Gasteiger partial charge in [0.15, 0.2) is 0 Å². The third-order valence-electron chi connectivity index (χ3n) is 3.52. The zero-order chi connectivity index (χ0) is 13.6. The van der Waals surface area contributed by atoms with E-state index in [9.17, 15) is 0 Å². The first-order valence-corrected chi connectivity index (χ1v) is 7.04. The molecule has 2 aromatic rings. The van der Waals surface area contributed by atoms with Crippen molar-refractivity contribution in [2.24, 2.45) is 0 Å². The number of hydrogen-bond acceptors (Lipinski definition) is 4. The maximum atomic E-state index is 6.00. The second kappa shape index (κ2) is 6.48. The van der Waals surface area contributed by atoms with Gasteiger partial charge in [-0.2, -0.15) is 0 Å². The van der Waals surface area contributed by atoms with E-state index in [-0.39, 0.29) is 0 Å². The number of ether oxygens (including phenoxy) is 1. The molecule has 0 fully saturated rings. The van der Waals surface area contributed by atoms with Crippen LogP contribution in [0.15, 0.2) is 47.5 Å². The lowest BCUT2D eigenvalue weighted by atomic mass is 10.1. The molecule has 1 aliphatic rings. The molecule has 0 aliphatic heterocycles. The summed E-state index contributed by atoms with van der Waals surface area (Å²) in [5.41, 5.74) is 2.76. The lowest BCUT2D eigenvalue weighted by Crippen LogP contribution is -2.11. The zero-order valence-electron chi connectivity index (χ0n) is 11.4. The summed E-state index contributed by atoms with van der Waals surface area (Å²) in [6.45, 7) is 0.534. The van der Waals surface area contributed by atoms with E-state index in [0.29, 0.717) is 12.7 Å². The number of nitrogens with zero attached hydrogens (tertiary/aromatic N) is 2. The van der Waals surface area contributed by atoms with Crippen molar-refractivity contribution in [2.45, 2.75) is 38.4 Å². The number of rotatable bonds is 4. The molecule has 0 N–H and O–H groups in total. The average molecular weight is 270 g/mol. The molecule has 2 heterocycles. The van der Waals surface area contributed by atoms with E-state index in [1.54, 1.807) is 18.7 Å². The van der Waals surface area contributed by atoms with Gasteiger partial charge in [0.05, 0.1) is 12.7 Å². The van der Waals surface area contributed by atoms with E-state index in [0.717, 1.165) is 36.1 Å². The number of aromatic nitrogens is 2. The first-order chi connectivity index (χ1) is 9.93. The Morgan fingerprint density at radius 3 is 3.25 bits per heavy atom. The Morgan fingerprint density at radius 1 is 1.35 bits per heavy atom. The van der Waals surface area contributed by atoms with Crippen molar-refractivity contribution in [1.82, 2.24) is 10.1 Å². The molecule has 0 aromatic carbocycles. The molecular weight excluding hydrogens is 252 g/mol. The van der Waals surface area contributed by atoms with Crippen LogP contribution in [0.4, 0.5) is 0 Å². The van der Waals surface area contributed by atoms with Gasteiger partial charge >= 0.3 is 0 Å². The summed E-state index contributed by atoms with van der Waals surface area (Å²) in [5, 5.41) is 4.06. The first-order valence-electron chi connectivity index (χ1n) is 7.04. The lowest BCUT2D eigenvalue weighted by molar-refractivity contribution is 0.0371. The average Bonchev–Trinajstić information content (AvgIpc) is 2.81. The highest BCUT2D eigenvalue weighted by molar-refractivity contribution is 5.60. The van der Waals surface area contributed by atoms with Gasteiger partial charge in [0, 0.05) is 23.5 Å². The molecule has 0 amide bonds. The molecule has 104 valence electrons. The summed E-state index contributed by atoms with van der Waals surface area (Å²) in [7, 11) is 0. The summed E-state index contributed by atoms with van der Waals surface area (Å²) >= 11 is 0. The van der Waals surface area contributed by atoms with E-state index >= 15 is 0 Å². The molecule has 4 nitrogen and oxygen atoms in total. The van der Waals surface area contributed by atoms with E-state index in [1.807, 2.05) is 12.1 Å². The Labute approximate surface area is 118 Å². The van der Waals surface area contributed by atoms with Crippen LogP contribution in [-0.2, 0) is 11.3 Å². The van der Waals surface area contributed by atoms with E-state index in [4.69, 9.17) is 9.26 Å². The second-order valence-electron chi connectivity index (χ2n) is 5.00. The molecule has 1 aliphatic carbocycles. The smallest absolute Gasteiger partial charge is 0.130 e. The first kappa shape index (κ1) is 13.1. The molecule has 0 saturated carbocycles. The zero-order valence-corrected chi connectivity index (χ0v) is 11.4. The van der Waals surface area contributed by atoms with Gasteiger partial charge in [-0.05, 0) is 37.8 Å². The highest BCUT2D eigenvalue weighted by Gasteiger charge is 2.14. The van der Waals surface area contributed by atoms with Gasteiger partial charge in [0.25, 0.3) is 0 Å². The molecule has 0 radical (unpaired) electrons. The van der Waals surface area contributed by atoms with Crippen LogP contribution in [0.1, 0.15) is 31.2 Å². The molecular formula is C16H18N2O2. The second-order valence-corrected chi connectivity index (χ2v) is 5.00. The maximum Gasteiger partial charge on any atom is 0.130 e. The van der Waals surface area contributed by atoms with Gasteiger partial charge in [0.2, 0.25) is 0 Å². The quantitative estimate of drug-likeness (QED) is 0.794. The SMILES string of the molecule is C1=CCC(OCc2conc2-c2cccnc2)CCC1. The van der Waals surface area contributed by atoms with Crippen LogP contribution in [0.25, 0.3) is 11.3 Å². The number of hydrogen-bond donors (Lipinski definition) is 0. The van der Waals surface area contributed by atoms with Gasteiger partial charge in [-0.1, -0.05) is 17.3 Å². The normalized spacial score (nSPS) is 18.9. The number of allylic oxidation sites excluding steroid dienone is 1. The minimum Gasteiger partial charge on any atom is -0.373 e. The van der Waals surface area contributed by atoms with Gasteiger partial charge < -0.3 is 9.26 Å². The topological polar surface area (TPSA) is 48.2 Å². The standard InChI is InChI=1S/C16H18N2O2/c1-2-4-8-15(7-3-1)19-11-14-12-20-18-16(14)13-6-5-9-17-10-13/h1,3,5-6,9-10,12,15H,2,4,7-8,11H2. The molecule has 2 aromatic heterocycles. The van der Waals surface area contributed by atoms with Crippen molar-refractivity contribution >= 4 is 0 Å². The summed E-state index contributed by atoms with van der Waals surface area (Å²) in [6.07, 6.45) is 14.4. The van der Waals surface area contributed by atoms with E-state index in [2.05, 4.69) is 22.3 Å². The summed E-state index contributed by atoms with van der Waals surface area (Å²) < 4.78 is 11.1. The summed E-state index contributed by atoms with van der Waals surface area (Å²) in [5.74, 6) is 0. The Morgan fingerprint density at radius 2 is 2.35 bits per heavy atom. The Hall–Kier alpha value is -1.94. The van der Waals surface area contributed by atoms with Crippen molar-refractivity contribution in [3.63, 3.8) is 0 Å². The van der Waals surface area contributed by atoms with Crippen LogP contribution in [0, 0.1) is 0 Å². The molecule has 20 heavy (non-hydrogen) atoms. The fraction of sp³-hybridized carbons (Fsp3) is 0.375. The van der Waals surface area contributed by atoms with Crippen LogP contribution in [0.3, 0.4) is 0 Å². The third kappa shape index (κ3) is 3.14. The van der Waals surface area contributed by atoms with Gasteiger partial charge in [-0.25, -0.2) is 0 Å². The monoisotopic (exact) mass is 270 g/mol. The van der Waals surface area contributed by atoms with Crippen molar-refractivity contribution in [3.05, 3.63) is 48.5 Å². The lowest BCUT2D eigenvalue weighted by Gasteiger charge is -2.14. The van der Waals surface area contributed by atoms with Crippen LogP contribution >= 0.6 is 0 Å². The maximum absolute atomic E-state index is 6.00. The van der Waals surface area contributed by atoms with Gasteiger partial charge in [-0.3, -0.25) is 4.98 Å². The summed E-state index contributed by atoms with van der Waals surface area (Å²) in [6, 6.07) is 3.87. The van der Waals surface area contributed by atoms with Crippen LogP contribution in [-0.4, -0.2) is 16.2 Å². The molecule has 1 unspecified atom stereocenters. The van der Waals surface area contributed by atoms with Crippen molar-refractivity contribution in [1.29, 1.82) is 0 Å². The predicted molar refractivity (Wildman–Crippen MR) is 75.9 cm³/mol. The third-order valence-corrected chi connectivity index (χ3v) is 3.52. The molecule has 1 atom stereocenters. The Bertz CT molecular complexity index is 563. The van der Waals surface area contributed by atoms with Crippen molar-refractivity contribution < 1.29 is 9.26 Å². The fourth-order valence-electron chi connectivity index (χ4n) is 2.41. The predicted octanol–water partition coefficient (Wildman–Crippen LogP) is 3.75. The Kier molecular flexibility index (Phi) is 4.23. The molecule has 4 heteroatoms. The van der Waals surface area contributed by atoms with Crippen molar-refractivity contribution in [3.8, 4) is 11.3 Å². The minimum atomic E-state index is 0.297. The highest BCUT2D eigenvalue weighted by Crippen LogP contribution is 2.23. The largest absolute Gasteiger partial charge is 0.373 e. The van der Waals surface area contributed by atoms with Crippen LogP contribution in [0.5, 0.6) is 0 Å². The number of pyridine rings is 1.